The molecule has 8 nitrogen and oxygen atoms in total. The average Bonchev–Trinajstić information content (AvgIpc) is 3.29. The highest BCUT2D eigenvalue weighted by atomic mass is 16.5. The summed E-state index contributed by atoms with van der Waals surface area (Å²) in [7, 11) is 1.97. The Morgan fingerprint density at radius 1 is 1.21 bits per heavy atom. The van der Waals surface area contributed by atoms with Crippen LogP contribution in [0.5, 0.6) is 0 Å². The van der Waals surface area contributed by atoms with Crippen LogP contribution in [0.25, 0.3) is 0 Å². The normalized spacial score (nSPS) is 15.8. The summed E-state index contributed by atoms with van der Waals surface area (Å²) in [6.07, 6.45) is 2.53. The van der Waals surface area contributed by atoms with Crippen LogP contribution in [0.1, 0.15) is 22.7 Å². The molecule has 28 heavy (non-hydrogen) atoms. The fourth-order valence-corrected chi connectivity index (χ4v) is 3.29. The van der Waals surface area contributed by atoms with Gasteiger partial charge in [0.2, 0.25) is 0 Å². The second kappa shape index (κ2) is 10.3. The predicted octanol–water partition coefficient (Wildman–Crippen LogP) is 1.24. The molecule has 3 heterocycles. The molecule has 1 aliphatic rings. The molecule has 1 aliphatic heterocycles. The number of aryl methyl sites for hydroxylation is 2. The Balaban J connectivity index is 1.55. The molecule has 154 valence electrons. The van der Waals surface area contributed by atoms with Crippen LogP contribution in [0, 0.1) is 13.8 Å². The summed E-state index contributed by atoms with van der Waals surface area (Å²) >= 11 is 0. The lowest BCUT2D eigenvalue weighted by molar-refractivity contribution is 0.0389. The van der Waals surface area contributed by atoms with Gasteiger partial charge in [0, 0.05) is 57.4 Å². The average molecular weight is 389 g/mol. The highest BCUT2D eigenvalue weighted by Gasteiger charge is 2.11. The minimum absolute atomic E-state index is 0.610. The van der Waals surface area contributed by atoms with Gasteiger partial charge in [0.05, 0.1) is 31.7 Å². The molecule has 0 radical (unpaired) electrons. The maximum Gasteiger partial charge on any atom is 0.191 e. The number of guanidine groups is 1. The van der Waals surface area contributed by atoms with Gasteiger partial charge in [0.15, 0.2) is 5.96 Å². The van der Waals surface area contributed by atoms with E-state index in [-0.39, 0.29) is 0 Å². The highest BCUT2D eigenvalue weighted by Crippen LogP contribution is 2.12. The van der Waals surface area contributed by atoms with Crippen molar-refractivity contribution >= 4 is 5.96 Å². The number of morpholine rings is 1. The summed E-state index contributed by atoms with van der Waals surface area (Å²) in [4.78, 5) is 7.21. The van der Waals surface area contributed by atoms with Crippen LogP contribution >= 0.6 is 0 Å². The van der Waals surface area contributed by atoms with E-state index in [2.05, 4.69) is 27.6 Å². The summed E-state index contributed by atoms with van der Waals surface area (Å²) in [5, 5.41) is 11.4. The SMILES string of the molecule is Cc1nn(C)c(C)c1CN=C(NCCc1ccco1)NCCN1CCOCC1. The molecule has 3 rings (SSSR count). The van der Waals surface area contributed by atoms with Crippen molar-refractivity contribution in [3.63, 3.8) is 0 Å². The van der Waals surface area contributed by atoms with Gasteiger partial charge < -0.3 is 19.8 Å². The first-order chi connectivity index (χ1) is 13.6. The molecule has 0 spiro atoms. The molecule has 2 N–H and O–H groups in total. The Morgan fingerprint density at radius 3 is 2.68 bits per heavy atom. The molecule has 1 fully saturated rings. The number of furan rings is 1. The van der Waals surface area contributed by atoms with Crippen molar-refractivity contribution in [1.82, 2.24) is 25.3 Å². The molecule has 0 amide bonds. The molecule has 1 saturated heterocycles. The van der Waals surface area contributed by atoms with E-state index in [0.717, 1.165) is 75.5 Å². The summed E-state index contributed by atoms with van der Waals surface area (Å²) < 4.78 is 12.7. The van der Waals surface area contributed by atoms with Crippen molar-refractivity contribution in [2.75, 3.05) is 45.9 Å². The zero-order chi connectivity index (χ0) is 19.8. The van der Waals surface area contributed by atoms with Crippen LogP contribution in [0.2, 0.25) is 0 Å². The van der Waals surface area contributed by atoms with Gasteiger partial charge in [0.25, 0.3) is 0 Å². The number of hydrogen-bond acceptors (Lipinski definition) is 5. The quantitative estimate of drug-likeness (QED) is 0.523. The monoisotopic (exact) mass is 388 g/mol. The third kappa shape index (κ3) is 5.84. The maximum absolute atomic E-state index is 5.41. The van der Waals surface area contributed by atoms with E-state index in [1.165, 1.54) is 5.56 Å². The summed E-state index contributed by atoms with van der Waals surface area (Å²) in [5.41, 5.74) is 3.37. The predicted molar refractivity (Wildman–Crippen MR) is 109 cm³/mol. The summed E-state index contributed by atoms with van der Waals surface area (Å²) in [5.74, 6) is 1.79. The van der Waals surface area contributed by atoms with Gasteiger partial charge in [-0.15, -0.1) is 0 Å². The van der Waals surface area contributed by atoms with Gasteiger partial charge in [-0.3, -0.25) is 9.58 Å². The van der Waals surface area contributed by atoms with E-state index in [1.54, 1.807) is 6.26 Å². The number of hydrogen-bond donors (Lipinski definition) is 2. The first kappa shape index (κ1) is 20.4. The fraction of sp³-hybridized carbons (Fsp3) is 0.600. The van der Waals surface area contributed by atoms with Gasteiger partial charge in [-0.25, -0.2) is 4.99 Å². The number of nitrogens with one attached hydrogen (secondary N) is 2. The molecule has 0 atom stereocenters. The number of aliphatic imine (C=N–C) groups is 1. The van der Waals surface area contributed by atoms with Crippen LogP contribution < -0.4 is 10.6 Å². The molecule has 2 aromatic rings. The van der Waals surface area contributed by atoms with E-state index in [4.69, 9.17) is 14.1 Å². The number of nitrogens with zero attached hydrogens (tertiary/aromatic N) is 4. The summed E-state index contributed by atoms with van der Waals surface area (Å²) in [6.45, 7) is 11.0. The molecule has 8 heteroatoms. The smallest absolute Gasteiger partial charge is 0.191 e. The van der Waals surface area contributed by atoms with Gasteiger partial charge in [-0.1, -0.05) is 0 Å². The Morgan fingerprint density at radius 2 is 2.00 bits per heavy atom. The van der Waals surface area contributed by atoms with Crippen molar-refractivity contribution in [1.29, 1.82) is 0 Å². The Kier molecular flexibility index (Phi) is 7.50. The highest BCUT2D eigenvalue weighted by molar-refractivity contribution is 5.79. The number of rotatable bonds is 8. The molecule has 2 aromatic heterocycles. The fourth-order valence-electron chi connectivity index (χ4n) is 3.29. The van der Waals surface area contributed by atoms with E-state index in [1.807, 2.05) is 30.8 Å². The largest absolute Gasteiger partial charge is 0.469 e. The number of aromatic nitrogens is 2. The zero-order valence-electron chi connectivity index (χ0n) is 17.2. The minimum atomic E-state index is 0.610. The summed E-state index contributed by atoms with van der Waals surface area (Å²) in [6, 6.07) is 3.91. The van der Waals surface area contributed by atoms with Gasteiger partial charge in [0.1, 0.15) is 5.76 Å². The second-order valence-corrected chi connectivity index (χ2v) is 7.07. The van der Waals surface area contributed by atoms with Crippen LogP contribution in [-0.4, -0.2) is 66.6 Å². The van der Waals surface area contributed by atoms with Crippen molar-refractivity contribution in [2.45, 2.75) is 26.8 Å². The molecule has 0 saturated carbocycles. The van der Waals surface area contributed by atoms with Crippen molar-refractivity contribution in [2.24, 2.45) is 12.0 Å². The van der Waals surface area contributed by atoms with E-state index in [0.29, 0.717) is 6.54 Å². The Bertz CT molecular complexity index is 747. The van der Waals surface area contributed by atoms with Crippen molar-refractivity contribution in [3.8, 4) is 0 Å². The van der Waals surface area contributed by atoms with E-state index < -0.39 is 0 Å². The third-order valence-corrected chi connectivity index (χ3v) is 5.12. The van der Waals surface area contributed by atoms with Crippen LogP contribution in [-0.2, 0) is 24.8 Å². The Labute approximate surface area is 166 Å². The lowest BCUT2D eigenvalue weighted by Gasteiger charge is -2.26. The molecular formula is C20H32N6O2. The maximum atomic E-state index is 5.41. The number of ether oxygens (including phenoxy) is 1. The zero-order valence-corrected chi connectivity index (χ0v) is 17.2. The van der Waals surface area contributed by atoms with Crippen LogP contribution in [0.4, 0.5) is 0 Å². The molecule has 0 bridgehead atoms. The molecule has 0 aromatic carbocycles. The molecule has 0 unspecified atom stereocenters. The lowest BCUT2D eigenvalue weighted by Crippen LogP contribution is -2.44. The van der Waals surface area contributed by atoms with Crippen molar-refractivity contribution in [3.05, 3.63) is 41.1 Å². The standard InChI is InChI=1S/C20H32N6O2/c1-16-19(17(2)25(3)24-16)15-23-20(21-7-6-18-5-4-12-28-18)22-8-9-26-10-13-27-14-11-26/h4-5,12H,6-11,13-15H2,1-3H3,(H2,21,22,23). The van der Waals surface area contributed by atoms with Crippen LogP contribution in [0.3, 0.4) is 0 Å². The van der Waals surface area contributed by atoms with E-state index in [9.17, 15) is 0 Å². The minimum Gasteiger partial charge on any atom is -0.469 e. The third-order valence-electron chi connectivity index (χ3n) is 5.12. The molecule has 0 aliphatic carbocycles. The first-order valence-electron chi connectivity index (χ1n) is 9.97. The Hall–Kier alpha value is -2.32. The second-order valence-electron chi connectivity index (χ2n) is 7.07. The first-order valence-corrected chi connectivity index (χ1v) is 9.97. The van der Waals surface area contributed by atoms with Crippen LogP contribution in [0.15, 0.2) is 27.8 Å². The van der Waals surface area contributed by atoms with Gasteiger partial charge in [-0.2, -0.15) is 5.10 Å². The molecular weight excluding hydrogens is 356 g/mol. The van der Waals surface area contributed by atoms with Gasteiger partial charge in [-0.05, 0) is 26.0 Å². The van der Waals surface area contributed by atoms with Crippen molar-refractivity contribution < 1.29 is 9.15 Å². The van der Waals surface area contributed by atoms with E-state index >= 15 is 0 Å². The topological polar surface area (TPSA) is 79.8 Å². The van der Waals surface area contributed by atoms with Gasteiger partial charge >= 0.3 is 0 Å². The lowest BCUT2D eigenvalue weighted by atomic mass is 10.2.